The third-order valence-corrected chi connectivity index (χ3v) is 4.63. The Kier molecular flexibility index (Phi) is 4.80. The summed E-state index contributed by atoms with van der Waals surface area (Å²) in [4.78, 5) is 27.2. The fourth-order valence-corrected chi connectivity index (χ4v) is 3.23. The number of nitrogens with zero attached hydrogens (tertiary/aromatic N) is 5. The Morgan fingerprint density at radius 3 is 2.84 bits per heavy atom. The number of anilines is 1. The SMILES string of the molecule is CN(CCc1ccccc1[N+](=O)[O-])C1CCN(c2cnn(C)c2)C1=O. The van der Waals surface area contributed by atoms with Crippen LogP contribution in [0.5, 0.6) is 0 Å². The summed E-state index contributed by atoms with van der Waals surface area (Å²) >= 11 is 0. The highest BCUT2D eigenvalue weighted by Crippen LogP contribution is 2.24. The van der Waals surface area contributed by atoms with E-state index < -0.39 is 0 Å². The van der Waals surface area contributed by atoms with E-state index in [1.807, 2.05) is 25.2 Å². The van der Waals surface area contributed by atoms with Crippen molar-refractivity contribution in [3.05, 3.63) is 52.3 Å². The van der Waals surface area contributed by atoms with Gasteiger partial charge < -0.3 is 4.90 Å². The summed E-state index contributed by atoms with van der Waals surface area (Å²) in [5.74, 6) is 0.0538. The van der Waals surface area contributed by atoms with E-state index >= 15 is 0 Å². The van der Waals surface area contributed by atoms with Gasteiger partial charge in [-0.25, -0.2) is 0 Å². The fourth-order valence-electron chi connectivity index (χ4n) is 3.23. The Labute approximate surface area is 145 Å². The minimum atomic E-state index is -0.361. The Balaban J connectivity index is 1.64. The molecule has 0 aliphatic carbocycles. The maximum absolute atomic E-state index is 12.7. The number of nitro groups is 1. The fraction of sp³-hybridized carbons (Fsp3) is 0.412. The van der Waals surface area contributed by atoms with Crippen molar-refractivity contribution in [2.45, 2.75) is 18.9 Å². The van der Waals surface area contributed by atoms with Crippen molar-refractivity contribution in [3.8, 4) is 0 Å². The Bertz CT molecular complexity index is 788. The van der Waals surface area contributed by atoms with Gasteiger partial charge in [0.2, 0.25) is 5.91 Å². The molecule has 0 radical (unpaired) electrons. The van der Waals surface area contributed by atoms with Gasteiger partial charge in [-0.05, 0) is 19.9 Å². The first-order valence-corrected chi connectivity index (χ1v) is 8.20. The molecule has 2 aromatic rings. The van der Waals surface area contributed by atoms with Gasteiger partial charge in [-0.3, -0.25) is 24.5 Å². The first-order chi connectivity index (χ1) is 12.0. The number of hydrogen-bond acceptors (Lipinski definition) is 5. The number of aryl methyl sites for hydroxylation is 1. The van der Waals surface area contributed by atoms with Gasteiger partial charge in [-0.1, -0.05) is 18.2 Å². The van der Waals surface area contributed by atoms with Crippen molar-refractivity contribution in [2.24, 2.45) is 7.05 Å². The molecule has 0 spiro atoms. The number of carbonyl (C=O) groups is 1. The van der Waals surface area contributed by atoms with Crippen LogP contribution in [0.3, 0.4) is 0 Å². The van der Waals surface area contributed by atoms with E-state index in [4.69, 9.17) is 0 Å². The monoisotopic (exact) mass is 343 g/mol. The molecule has 2 heterocycles. The molecule has 1 unspecified atom stereocenters. The van der Waals surface area contributed by atoms with Gasteiger partial charge in [0, 0.05) is 38.0 Å². The standard InChI is InChI=1S/C17H21N5O3/c1-19(9-7-13-5-3-4-6-15(13)22(24)25)16-8-10-21(17(16)23)14-11-18-20(2)12-14/h3-6,11-12,16H,7-10H2,1-2H3. The normalized spacial score (nSPS) is 17.5. The lowest BCUT2D eigenvalue weighted by atomic mass is 10.1. The number of rotatable bonds is 6. The van der Waals surface area contributed by atoms with E-state index in [2.05, 4.69) is 5.10 Å². The Hall–Kier alpha value is -2.74. The second kappa shape index (κ2) is 7.02. The number of para-hydroxylation sites is 1. The molecule has 3 rings (SSSR count). The minimum absolute atomic E-state index is 0.0538. The van der Waals surface area contributed by atoms with E-state index in [-0.39, 0.29) is 22.6 Å². The lowest BCUT2D eigenvalue weighted by Crippen LogP contribution is -2.40. The molecule has 8 heteroatoms. The zero-order valence-electron chi connectivity index (χ0n) is 14.3. The quantitative estimate of drug-likeness (QED) is 0.588. The molecule has 25 heavy (non-hydrogen) atoms. The number of hydrogen-bond donors (Lipinski definition) is 0. The van der Waals surface area contributed by atoms with Crippen LogP contribution in [0.25, 0.3) is 0 Å². The lowest BCUT2D eigenvalue weighted by molar-refractivity contribution is -0.385. The molecule has 8 nitrogen and oxygen atoms in total. The highest BCUT2D eigenvalue weighted by molar-refractivity contribution is 5.99. The van der Waals surface area contributed by atoms with Gasteiger partial charge in [-0.15, -0.1) is 0 Å². The maximum atomic E-state index is 12.7. The summed E-state index contributed by atoms with van der Waals surface area (Å²) < 4.78 is 1.67. The summed E-state index contributed by atoms with van der Waals surface area (Å²) in [5.41, 5.74) is 1.63. The Morgan fingerprint density at radius 1 is 1.40 bits per heavy atom. The minimum Gasteiger partial charge on any atom is -0.308 e. The van der Waals surface area contributed by atoms with E-state index in [1.165, 1.54) is 6.07 Å². The van der Waals surface area contributed by atoms with Crippen LogP contribution in [-0.4, -0.2) is 51.7 Å². The topological polar surface area (TPSA) is 84.5 Å². The molecule has 1 aliphatic rings. The van der Waals surface area contributed by atoms with Crippen LogP contribution < -0.4 is 4.90 Å². The third-order valence-electron chi connectivity index (χ3n) is 4.63. The average Bonchev–Trinajstić information content (AvgIpc) is 3.18. The molecule has 132 valence electrons. The van der Waals surface area contributed by atoms with Crippen molar-refractivity contribution >= 4 is 17.3 Å². The van der Waals surface area contributed by atoms with E-state index in [0.717, 1.165) is 12.1 Å². The molecular formula is C17H21N5O3. The first-order valence-electron chi connectivity index (χ1n) is 8.20. The second-order valence-corrected chi connectivity index (χ2v) is 6.28. The van der Waals surface area contributed by atoms with Gasteiger partial charge in [0.25, 0.3) is 5.69 Å². The van der Waals surface area contributed by atoms with Gasteiger partial charge in [0.15, 0.2) is 0 Å². The zero-order valence-corrected chi connectivity index (χ0v) is 14.3. The second-order valence-electron chi connectivity index (χ2n) is 6.28. The number of amides is 1. The zero-order chi connectivity index (χ0) is 18.0. The highest BCUT2D eigenvalue weighted by Gasteiger charge is 2.35. The van der Waals surface area contributed by atoms with Crippen LogP contribution in [-0.2, 0) is 18.3 Å². The van der Waals surface area contributed by atoms with Crippen molar-refractivity contribution in [1.29, 1.82) is 0 Å². The lowest BCUT2D eigenvalue weighted by Gasteiger charge is -2.23. The van der Waals surface area contributed by atoms with Crippen LogP contribution in [0.1, 0.15) is 12.0 Å². The number of nitro benzene ring substituents is 1. The van der Waals surface area contributed by atoms with Crippen LogP contribution in [0, 0.1) is 10.1 Å². The Morgan fingerprint density at radius 2 is 2.16 bits per heavy atom. The summed E-state index contributed by atoms with van der Waals surface area (Å²) in [6.07, 6.45) is 4.78. The number of aromatic nitrogens is 2. The van der Waals surface area contributed by atoms with Gasteiger partial charge >= 0.3 is 0 Å². The molecule has 1 aromatic heterocycles. The molecule has 1 atom stereocenters. The molecule has 1 aliphatic heterocycles. The predicted molar refractivity (Wildman–Crippen MR) is 93.4 cm³/mol. The number of likely N-dealkylation sites (N-methyl/N-ethyl adjacent to an activating group) is 1. The van der Waals surface area contributed by atoms with E-state index in [0.29, 0.717) is 25.1 Å². The smallest absolute Gasteiger partial charge is 0.272 e. The van der Waals surface area contributed by atoms with E-state index in [9.17, 15) is 14.9 Å². The highest BCUT2D eigenvalue weighted by atomic mass is 16.6. The number of carbonyl (C=O) groups excluding carboxylic acids is 1. The van der Waals surface area contributed by atoms with Crippen molar-refractivity contribution in [1.82, 2.24) is 14.7 Å². The third kappa shape index (κ3) is 3.53. The molecule has 0 bridgehead atoms. The van der Waals surface area contributed by atoms with Gasteiger partial charge in [0.1, 0.15) is 0 Å². The van der Waals surface area contributed by atoms with Crippen molar-refractivity contribution in [3.63, 3.8) is 0 Å². The summed E-state index contributed by atoms with van der Waals surface area (Å²) in [5, 5.41) is 15.2. The largest absolute Gasteiger partial charge is 0.308 e. The van der Waals surface area contributed by atoms with Crippen molar-refractivity contribution in [2.75, 3.05) is 25.0 Å². The molecule has 0 N–H and O–H groups in total. The molecule has 1 amide bonds. The van der Waals surface area contributed by atoms with Crippen LogP contribution in [0.4, 0.5) is 11.4 Å². The van der Waals surface area contributed by atoms with Crippen LogP contribution in [0.15, 0.2) is 36.7 Å². The van der Waals surface area contributed by atoms with Crippen LogP contribution in [0.2, 0.25) is 0 Å². The van der Waals surface area contributed by atoms with Gasteiger partial charge in [0.05, 0.1) is 22.8 Å². The predicted octanol–water partition coefficient (Wildman–Crippen LogP) is 1.61. The molecule has 1 fully saturated rings. The van der Waals surface area contributed by atoms with Gasteiger partial charge in [-0.2, -0.15) is 5.10 Å². The summed E-state index contributed by atoms with van der Waals surface area (Å²) in [6, 6.07) is 6.54. The maximum Gasteiger partial charge on any atom is 0.272 e. The molecule has 1 saturated heterocycles. The first kappa shape index (κ1) is 17.1. The summed E-state index contributed by atoms with van der Waals surface area (Å²) in [7, 11) is 3.71. The number of benzene rings is 1. The summed E-state index contributed by atoms with van der Waals surface area (Å²) in [6.45, 7) is 1.24. The molecular weight excluding hydrogens is 322 g/mol. The molecule has 0 saturated carbocycles. The van der Waals surface area contributed by atoms with Crippen molar-refractivity contribution < 1.29 is 9.72 Å². The van der Waals surface area contributed by atoms with E-state index in [1.54, 1.807) is 34.0 Å². The average molecular weight is 343 g/mol. The molecule has 1 aromatic carbocycles. The van der Waals surface area contributed by atoms with Crippen LogP contribution >= 0.6 is 0 Å².